The van der Waals surface area contributed by atoms with E-state index >= 15 is 0 Å². The van der Waals surface area contributed by atoms with Crippen molar-refractivity contribution in [2.45, 2.75) is 31.8 Å². The number of ether oxygens (including phenoxy) is 1. The summed E-state index contributed by atoms with van der Waals surface area (Å²) < 4.78 is 6.61. The first kappa shape index (κ1) is 15.0. The molecule has 106 valence electrons. The summed E-state index contributed by atoms with van der Waals surface area (Å²) in [5, 5.41) is 7.08. The molecule has 2 unspecified atom stereocenters. The maximum Gasteiger partial charge on any atom is 0.0620 e. The SMILES string of the molecule is CC(CC1COCCN1)NCCc1ccc(Br)cc1. The zero-order chi connectivity index (χ0) is 13.5. The molecule has 1 aliphatic rings. The molecule has 0 radical (unpaired) electrons. The molecule has 4 heteroatoms. The number of morpholine rings is 1. The summed E-state index contributed by atoms with van der Waals surface area (Å²) in [4.78, 5) is 0. The molecule has 0 spiro atoms. The summed E-state index contributed by atoms with van der Waals surface area (Å²) in [5.41, 5.74) is 1.38. The van der Waals surface area contributed by atoms with Gasteiger partial charge in [0.25, 0.3) is 0 Å². The van der Waals surface area contributed by atoms with E-state index in [0.29, 0.717) is 12.1 Å². The van der Waals surface area contributed by atoms with Crippen LogP contribution in [0.25, 0.3) is 0 Å². The topological polar surface area (TPSA) is 33.3 Å². The van der Waals surface area contributed by atoms with E-state index in [2.05, 4.69) is 57.8 Å². The van der Waals surface area contributed by atoms with Crippen molar-refractivity contribution in [1.82, 2.24) is 10.6 Å². The Bertz CT molecular complexity index is 363. The molecule has 3 nitrogen and oxygen atoms in total. The minimum atomic E-state index is 0.504. The monoisotopic (exact) mass is 326 g/mol. The molecule has 1 aromatic carbocycles. The maximum absolute atomic E-state index is 5.47. The van der Waals surface area contributed by atoms with E-state index in [1.165, 1.54) is 5.56 Å². The van der Waals surface area contributed by atoms with Crippen molar-refractivity contribution in [3.05, 3.63) is 34.3 Å². The van der Waals surface area contributed by atoms with Crippen molar-refractivity contribution in [2.75, 3.05) is 26.3 Å². The van der Waals surface area contributed by atoms with Gasteiger partial charge in [0.1, 0.15) is 0 Å². The van der Waals surface area contributed by atoms with Gasteiger partial charge in [0.15, 0.2) is 0 Å². The second-order valence-corrected chi connectivity index (χ2v) is 6.11. The van der Waals surface area contributed by atoms with E-state index in [9.17, 15) is 0 Å². The number of halogens is 1. The average Bonchev–Trinajstić information content (AvgIpc) is 2.42. The Kier molecular flexibility index (Phi) is 6.31. The van der Waals surface area contributed by atoms with Gasteiger partial charge in [0.05, 0.1) is 13.2 Å². The molecular weight excluding hydrogens is 304 g/mol. The molecule has 0 amide bonds. The minimum Gasteiger partial charge on any atom is -0.379 e. The largest absolute Gasteiger partial charge is 0.379 e. The predicted octanol–water partition coefficient (Wildman–Crippen LogP) is 2.35. The van der Waals surface area contributed by atoms with Crippen LogP contribution in [0.1, 0.15) is 18.9 Å². The molecule has 19 heavy (non-hydrogen) atoms. The Morgan fingerprint density at radius 3 is 2.89 bits per heavy atom. The van der Waals surface area contributed by atoms with Gasteiger partial charge in [-0.15, -0.1) is 0 Å². The first-order chi connectivity index (χ1) is 9.24. The third-order valence-corrected chi connectivity index (χ3v) is 3.98. The number of nitrogens with one attached hydrogen (secondary N) is 2. The smallest absolute Gasteiger partial charge is 0.0620 e. The molecule has 2 rings (SSSR count). The average molecular weight is 327 g/mol. The fourth-order valence-electron chi connectivity index (χ4n) is 2.40. The van der Waals surface area contributed by atoms with E-state index in [1.807, 2.05) is 0 Å². The molecule has 0 saturated carbocycles. The Morgan fingerprint density at radius 2 is 2.21 bits per heavy atom. The van der Waals surface area contributed by atoms with E-state index in [-0.39, 0.29) is 0 Å². The molecular formula is C15H23BrN2O. The summed E-state index contributed by atoms with van der Waals surface area (Å²) in [5.74, 6) is 0. The first-order valence-corrected chi connectivity index (χ1v) is 7.82. The second kappa shape index (κ2) is 8.00. The van der Waals surface area contributed by atoms with Crippen LogP contribution in [-0.2, 0) is 11.2 Å². The zero-order valence-corrected chi connectivity index (χ0v) is 13.1. The van der Waals surface area contributed by atoms with Crippen LogP contribution in [-0.4, -0.2) is 38.4 Å². The fraction of sp³-hybridized carbons (Fsp3) is 0.600. The summed E-state index contributed by atoms with van der Waals surface area (Å²) >= 11 is 3.46. The third kappa shape index (κ3) is 5.61. The standard InChI is InChI=1S/C15H23BrN2O/c1-12(10-15-11-19-9-8-18-15)17-7-6-13-2-4-14(16)5-3-13/h2-5,12,15,17-18H,6-11H2,1H3. The molecule has 1 fully saturated rings. The van der Waals surface area contributed by atoms with Gasteiger partial charge in [-0.25, -0.2) is 0 Å². The van der Waals surface area contributed by atoms with Gasteiger partial charge in [-0.2, -0.15) is 0 Å². The number of benzene rings is 1. The van der Waals surface area contributed by atoms with E-state index in [0.717, 1.165) is 43.6 Å². The second-order valence-electron chi connectivity index (χ2n) is 5.19. The Balaban J connectivity index is 1.63. The van der Waals surface area contributed by atoms with Crippen LogP contribution in [0.5, 0.6) is 0 Å². The first-order valence-electron chi connectivity index (χ1n) is 7.03. The van der Waals surface area contributed by atoms with Gasteiger partial charge < -0.3 is 15.4 Å². The highest BCUT2D eigenvalue weighted by atomic mass is 79.9. The highest BCUT2D eigenvalue weighted by Gasteiger charge is 2.15. The van der Waals surface area contributed by atoms with Crippen molar-refractivity contribution in [3.63, 3.8) is 0 Å². The van der Waals surface area contributed by atoms with Gasteiger partial charge in [-0.1, -0.05) is 28.1 Å². The lowest BCUT2D eigenvalue weighted by Crippen LogP contribution is -2.45. The van der Waals surface area contributed by atoms with Gasteiger partial charge in [0.2, 0.25) is 0 Å². The number of hydrogen-bond acceptors (Lipinski definition) is 3. The molecule has 2 N–H and O–H groups in total. The van der Waals surface area contributed by atoms with E-state index in [4.69, 9.17) is 4.74 Å². The molecule has 1 saturated heterocycles. The molecule has 1 aromatic rings. The van der Waals surface area contributed by atoms with Gasteiger partial charge in [-0.05, 0) is 44.0 Å². The van der Waals surface area contributed by atoms with E-state index in [1.54, 1.807) is 0 Å². The summed E-state index contributed by atoms with van der Waals surface area (Å²) in [7, 11) is 0. The van der Waals surface area contributed by atoms with Crippen LogP contribution in [0, 0.1) is 0 Å². The van der Waals surface area contributed by atoms with Crippen LogP contribution in [0.3, 0.4) is 0 Å². The molecule has 0 aromatic heterocycles. The maximum atomic E-state index is 5.47. The van der Waals surface area contributed by atoms with Gasteiger partial charge in [-0.3, -0.25) is 0 Å². The van der Waals surface area contributed by atoms with Crippen molar-refractivity contribution in [3.8, 4) is 0 Å². The Morgan fingerprint density at radius 1 is 1.42 bits per heavy atom. The van der Waals surface area contributed by atoms with Crippen LogP contribution in [0.15, 0.2) is 28.7 Å². The van der Waals surface area contributed by atoms with E-state index < -0.39 is 0 Å². The molecule has 1 aliphatic heterocycles. The number of rotatable bonds is 6. The lowest BCUT2D eigenvalue weighted by Gasteiger charge is -2.26. The van der Waals surface area contributed by atoms with Crippen molar-refractivity contribution >= 4 is 15.9 Å². The highest BCUT2D eigenvalue weighted by molar-refractivity contribution is 9.10. The lowest BCUT2D eigenvalue weighted by molar-refractivity contribution is 0.0713. The van der Waals surface area contributed by atoms with Crippen LogP contribution in [0.2, 0.25) is 0 Å². The minimum absolute atomic E-state index is 0.504. The molecule has 0 bridgehead atoms. The summed E-state index contributed by atoms with van der Waals surface area (Å²) in [6.45, 7) is 5.95. The van der Waals surface area contributed by atoms with Crippen molar-refractivity contribution in [1.29, 1.82) is 0 Å². The highest BCUT2D eigenvalue weighted by Crippen LogP contribution is 2.10. The summed E-state index contributed by atoms with van der Waals surface area (Å²) in [6.07, 6.45) is 2.20. The van der Waals surface area contributed by atoms with Gasteiger partial charge >= 0.3 is 0 Å². The van der Waals surface area contributed by atoms with Gasteiger partial charge in [0, 0.05) is 23.1 Å². The fourth-order valence-corrected chi connectivity index (χ4v) is 2.66. The molecule has 2 atom stereocenters. The van der Waals surface area contributed by atoms with Crippen LogP contribution >= 0.6 is 15.9 Å². The number of hydrogen-bond donors (Lipinski definition) is 2. The Hall–Kier alpha value is -0.420. The normalized spacial score (nSPS) is 21.3. The lowest BCUT2D eigenvalue weighted by atomic mass is 10.1. The molecule has 1 heterocycles. The Labute approximate surface area is 124 Å². The van der Waals surface area contributed by atoms with Crippen LogP contribution in [0.4, 0.5) is 0 Å². The molecule has 0 aliphatic carbocycles. The summed E-state index contributed by atoms with van der Waals surface area (Å²) in [6, 6.07) is 9.57. The van der Waals surface area contributed by atoms with Crippen molar-refractivity contribution < 1.29 is 4.74 Å². The third-order valence-electron chi connectivity index (χ3n) is 3.46. The van der Waals surface area contributed by atoms with Crippen molar-refractivity contribution in [2.24, 2.45) is 0 Å². The zero-order valence-electron chi connectivity index (χ0n) is 11.5. The predicted molar refractivity (Wildman–Crippen MR) is 82.5 cm³/mol. The van der Waals surface area contributed by atoms with Crippen LogP contribution < -0.4 is 10.6 Å². The quantitative estimate of drug-likeness (QED) is 0.841.